The highest BCUT2D eigenvalue weighted by molar-refractivity contribution is 6.30. The standard InChI is InChI=1S/C23H22ClN3O2/c24-19-11-8-17(9-12-19)23-18(16-27(26-23)20-5-2-1-3-6-20)10-13-22(28)25-15-21-7-4-14-29-21/h1-3,5-6,8-13,16,21H,4,7,14-15H2,(H,25,28). The first-order valence-electron chi connectivity index (χ1n) is 9.67. The van der Waals surface area contributed by atoms with Crippen LogP contribution in [0.4, 0.5) is 0 Å². The summed E-state index contributed by atoms with van der Waals surface area (Å²) in [6.45, 7) is 1.32. The number of nitrogens with zero attached hydrogens (tertiary/aromatic N) is 2. The van der Waals surface area contributed by atoms with Gasteiger partial charge in [-0.3, -0.25) is 4.79 Å². The number of hydrogen-bond acceptors (Lipinski definition) is 3. The molecule has 0 saturated carbocycles. The third-order valence-corrected chi connectivity index (χ3v) is 5.08. The van der Waals surface area contributed by atoms with Crippen LogP contribution in [0, 0.1) is 0 Å². The van der Waals surface area contributed by atoms with Gasteiger partial charge in [-0.25, -0.2) is 4.68 Å². The Hall–Kier alpha value is -2.89. The van der Waals surface area contributed by atoms with Crippen LogP contribution in [0.15, 0.2) is 66.9 Å². The molecular formula is C23H22ClN3O2. The summed E-state index contributed by atoms with van der Waals surface area (Å²) in [6.07, 6.45) is 7.43. The highest BCUT2D eigenvalue weighted by Gasteiger charge is 2.16. The Morgan fingerprint density at radius 3 is 2.72 bits per heavy atom. The van der Waals surface area contributed by atoms with E-state index >= 15 is 0 Å². The Balaban J connectivity index is 1.57. The van der Waals surface area contributed by atoms with Crippen molar-refractivity contribution in [2.45, 2.75) is 18.9 Å². The van der Waals surface area contributed by atoms with Crippen molar-refractivity contribution in [1.82, 2.24) is 15.1 Å². The Labute approximate surface area is 175 Å². The zero-order chi connectivity index (χ0) is 20.1. The van der Waals surface area contributed by atoms with Crippen molar-refractivity contribution in [2.75, 3.05) is 13.2 Å². The summed E-state index contributed by atoms with van der Waals surface area (Å²) in [7, 11) is 0. The van der Waals surface area contributed by atoms with Gasteiger partial charge in [-0.15, -0.1) is 0 Å². The van der Waals surface area contributed by atoms with Gasteiger partial charge in [0.2, 0.25) is 5.91 Å². The molecule has 29 heavy (non-hydrogen) atoms. The van der Waals surface area contributed by atoms with Gasteiger partial charge in [0.1, 0.15) is 0 Å². The number of para-hydroxylation sites is 1. The number of hydrogen-bond donors (Lipinski definition) is 1. The molecule has 5 nitrogen and oxygen atoms in total. The molecular weight excluding hydrogens is 386 g/mol. The van der Waals surface area contributed by atoms with Gasteiger partial charge in [0.25, 0.3) is 0 Å². The largest absolute Gasteiger partial charge is 0.376 e. The highest BCUT2D eigenvalue weighted by atomic mass is 35.5. The minimum Gasteiger partial charge on any atom is -0.376 e. The van der Waals surface area contributed by atoms with Gasteiger partial charge in [0.05, 0.1) is 17.5 Å². The van der Waals surface area contributed by atoms with Gasteiger partial charge in [-0.2, -0.15) is 5.10 Å². The summed E-state index contributed by atoms with van der Waals surface area (Å²) in [5.74, 6) is -0.144. The quantitative estimate of drug-likeness (QED) is 0.612. The first kappa shape index (κ1) is 19.4. The van der Waals surface area contributed by atoms with E-state index in [1.165, 1.54) is 0 Å². The maximum atomic E-state index is 12.2. The maximum absolute atomic E-state index is 12.2. The van der Waals surface area contributed by atoms with Gasteiger partial charge in [-0.05, 0) is 43.2 Å². The molecule has 1 amide bonds. The average Bonchev–Trinajstić information content (AvgIpc) is 3.42. The lowest BCUT2D eigenvalue weighted by atomic mass is 10.1. The molecule has 0 aliphatic carbocycles. The Morgan fingerprint density at radius 1 is 1.21 bits per heavy atom. The zero-order valence-corrected chi connectivity index (χ0v) is 16.7. The molecule has 1 fully saturated rings. The predicted octanol–water partition coefficient (Wildman–Crippen LogP) is 4.50. The van der Waals surface area contributed by atoms with Crippen molar-refractivity contribution in [3.63, 3.8) is 0 Å². The van der Waals surface area contributed by atoms with Crippen LogP contribution in [-0.4, -0.2) is 34.9 Å². The van der Waals surface area contributed by atoms with Gasteiger partial charge in [-0.1, -0.05) is 41.9 Å². The van der Waals surface area contributed by atoms with Crippen molar-refractivity contribution in [2.24, 2.45) is 0 Å². The molecule has 1 aliphatic rings. The number of nitrogens with one attached hydrogen (secondary N) is 1. The minimum absolute atomic E-state index is 0.123. The Bertz CT molecular complexity index is 991. The molecule has 2 aromatic carbocycles. The lowest BCUT2D eigenvalue weighted by molar-refractivity contribution is -0.116. The average molecular weight is 408 g/mol. The fourth-order valence-electron chi connectivity index (χ4n) is 3.30. The monoisotopic (exact) mass is 407 g/mol. The van der Waals surface area contributed by atoms with Crippen molar-refractivity contribution >= 4 is 23.6 Å². The topological polar surface area (TPSA) is 56.2 Å². The van der Waals surface area contributed by atoms with E-state index in [0.717, 1.165) is 42.0 Å². The normalized spacial score (nSPS) is 16.4. The zero-order valence-electron chi connectivity index (χ0n) is 15.9. The smallest absolute Gasteiger partial charge is 0.244 e. The number of aromatic nitrogens is 2. The molecule has 3 aromatic rings. The molecule has 148 valence electrons. The third-order valence-electron chi connectivity index (χ3n) is 4.82. The highest BCUT2D eigenvalue weighted by Crippen LogP contribution is 2.26. The predicted molar refractivity (Wildman–Crippen MR) is 115 cm³/mol. The molecule has 0 bridgehead atoms. The van der Waals surface area contributed by atoms with Gasteiger partial charge in [0, 0.05) is 41.6 Å². The molecule has 1 saturated heterocycles. The third kappa shape index (κ3) is 4.94. The fourth-order valence-corrected chi connectivity index (χ4v) is 3.42. The molecule has 0 spiro atoms. The van der Waals surface area contributed by atoms with Crippen LogP contribution in [0.2, 0.25) is 5.02 Å². The van der Waals surface area contributed by atoms with E-state index in [4.69, 9.17) is 21.4 Å². The number of halogens is 1. The molecule has 1 N–H and O–H groups in total. The molecule has 1 aromatic heterocycles. The second kappa shape index (κ2) is 9.07. The minimum atomic E-state index is -0.144. The number of ether oxygens (including phenoxy) is 1. The summed E-state index contributed by atoms with van der Waals surface area (Å²) < 4.78 is 7.36. The molecule has 1 atom stereocenters. The number of benzene rings is 2. The molecule has 4 rings (SSSR count). The van der Waals surface area contributed by atoms with E-state index in [1.807, 2.05) is 65.5 Å². The van der Waals surface area contributed by atoms with Crippen molar-refractivity contribution < 1.29 is 9.53 Å². The first-order chi connectivity index (χ1) is 14.2. The number of amides is 1. The van der Waals surface area contributed by atoms with Crippen LogP contribution >= 0.6 is 11.6 Å². The van der Waals surface area contributed by atoms with Crippen LogP contribution in [0.3, 0.4) is 0 Å². The molecule has 1 aliphatic heterocycles. The molecule has 1 unspecified atom stereocenters. The van der Waals surface area contributed by atoms with Crippen molar-refractivity contribution in [3.05, 3.63) is 77.5 Å². The summed E-state index contributed by atoms with van der Waals surface area (Å²) in [6, 6.07) is 17.4. The Kier molecular flexibility index (Phi) is 6.08. The molecule has 2 heterocycles. The van der Waals surface area contributed by atoms with Gasteiger partial charge < -0.3 is 10.1 Å². The summed E-state index contributed by atoms with van der Waals surface area (Å²) in [4.78, 5) is 12.2. The summed E-state index contributed by atoms with van der Waals surface area (Å²) in [5, 5.41) is 8.31. The SMILES string of the molecule is O=C(C=Cc1cn(-c2ccccc2)nc1-c1ccc(Cl)cc1)NCC1CCCO1. The van der Waals surface area contributed by atoms with Crippen LogP contribution in [-0.2, 0) is 9.53 Å². The van der Waals surface area contributed by atoms with E-state index in [0.29, 0.717) is 11.6 Å². The lowest BCUT2D eigenvalue weighted by Crippen LogP contribution is -2.30. The van der Waals surface area contributed by atoms with Crippen LogP contribution < -0.4 is 5.32 Å². The van der Waals surface area contributed by atoms with Crippen LogP contribution in [0.5, 0.6) is 0 Å². The van der Waals surface area contributed by atoms with Gasteiger partial charge in [0.15, 0.2) is 0 Å². The summed E-state index contributed by atoms with van der Waals surface area (Å²) in [5.41, 5.74) is 3.52. The van der Waals surface area contributed by atoms with E-state index in [9.17, 15) is 4.79 Å². The van der Waals surface area contributed by atoms with Crippen molar-refractivity contribution in [3.8, 4) is 16.9 Å². The second-order valence-corrected chi connectivity index (χ2v) is 7.37. The molecule has 0 radical (unpaired) electrons. The first-order valence-corrected chi connectivity index (χ1v) is 10.1. The van der Waals surface area contributed by atoms with Crippen LogP contribution in [0.25, 0.3) is 23.0 Å². The number of rotatable bonds is 6. The van der Waals surface area contributed by atoms with Gasteiger partial charge >= 0.3 is 0 Å². The second-order valence-electron chi connectivity index (χ2n) is 6.93. The Morgan fingerprint density at radius 2 is 2.00 bits per heavy atom. The lowest BCUT2D eigenvalue weighted by Gasteiger charge is -2.08. The number of carbonyl (C=O) groups excluding carboxylic acids is 1. The number of carbonyl (C=O) groups is 1. The summed E-state index contributed by atoms with van der Waals surface area (Å²) >= 11 is 6.03. The molecule has 6 heteroatoms. The van der Waals surface area contributed by atoms with E-state index in [2.05, 4.69) is 5.32 Å². The van der Waals surface area contributed by atoms with Crippen LogP contribution in [0.1, 0.15) is 18.4 Å². The van der Waals surface area contributed by atoms with Crippen molar-refractivity contribution in [1.29, 1.82) is 0 Å². The fraction of sp³-hybridized carbons (Fsp3) is 0.217. The van der Waals surface area contributed by atoms with E-state index in [1.54, 1.807) is 12.2 Å². The maximum Gasteiger partial charge on any atom is 0.244 e. The van der Waals surface area contributed by atoms with E-state index < -0.39 is 0 Å². The van der Waals surface area contributed by atoms with E-state index in [-0.39, 0.29) is 12.0 Å².